The first-order valence-electron chi connectivity index (χ1n) is 28.4. The molecule has 0 spiro atoms. The van der Waals surface area contributed by atoms with Gasteiger partial charge in [-0.15, -0.1) is 0 Å². The summed E-state index contributed by atoms with van der Waals surface area (Å²) in [6, 6.07) is -0.882. The minimum absolute atomic E-state index is 0.0689. The summed E-state index contributed by atoms with van der Waals surface area (Å²) >= 11 is 0. The molecule has 0 aromatic carbocycles. The zero-order chi connectivity index (χ0) is 47.7. The van der Waals surface area contributed by atoms with Crippen molar-refractivity contribution in [3.05, 3.63) is 24.3 Å². The molecule has 3 unspecified atom stereocenters. The second kappa shape index (κ2) is 49.7. The van der Waals surface area contributed by atoms with Crippen LogP contribution in [0.5, 0.6) is 0 Å². The molecule has 0 saturated heterocycles. The van der Waals surface area contributed by atoms with Crippen molar-refractivity contribution in [2.75, 3.05) is 20.6 Å². The van der Waals surface area contributed by atoms with Gasteiger partial charge in [0.15, 0.2) is 0 Å². The normalized spacial score (nSPS) is 13.2. The van der Waals surface area contributed by atoms with E-state index >= 15 is 0 Å². The summed E-state index contributed by atoms with van der Waals surface area (Å²) < 4.78 is 12.4. The van der Waals surface area contributed by atoms with Gasteiger partial charge in [-0.3, -0.25) is 9.59 Å². The molecular weight excluding hydrogens is 805 g/mol. The third-order valence-corrected chi connectivity index (χ3v) is 13.0. The number of esters is 2. The summed E-state index contributed by atoms with van der Waals surface area (Å²) in [6.07, 6.45) is 54.9. The molecule has 1 amide bonds. The Morgan fingerprint density at radius 1 is 0.415 bits per heavy atom. The van der Waals surface area contributed by atoms with E-state index in [9.17, 15) is 14.4 Å². The van der Waals surface area contributed by atoms with Gasteiger partial charge in [-0.05, 0) is 97.6 Å². The van der Waals surface area contributed by atoms with E-state index in [1.54, 1.807) is 0 Å². The third kappa shape index (κ3) is 45.4. The molecular formula is C58H110N2O5. The lowest BCUT2D eigenvalue weighted by Gasteiger charge is -2.23. The molecule has 0 saturated carbocycles. The van der Waals surface area contributed by atoms with E-state index in [1.807, 2.05) is 19.0 Å². The fraction of sp³-hybridized carbons (Fsp3) is 0.879. The minimum Gasteiger partial charge on any atom is -0.462 e. The molecule has 3 atom stereocenters. The minimum atomic E-state index is -0.882. The van der Waals surface area contributed by atoms with E-state index < -0.39 is 12.0 Å². The smallest absolute Gasteiger partial charge is 0.328 e. The summed E-state index contributed by atoms with van der Waals surface area (Å²) in [5.41, 5.74) is 0. The Balaban J connectivity index is 5.46. The van der Waals surface area contributed by atoms with Gasteiger partial charge in [0.25, 0.3) is 0 Å². The van der Waals surface area contributed by atoms with Gasteiger partial charge in [0.1, 0.15) is 18.2 Å². The molecule has 7 nitrogen and oxygen atoms in total. The highest BCUT2D eigenvalue weighted by atomic mass is 16.5. The molecule has 0 radical (unpaired) electrons. The first kappa shape index (κ1) is 62.8. The Morgan fingerprint density at radius 2 is 0.769 bits per heavy atom. The predicted molar refractivity (Wildman–Crippen MR) is 281 cm³/mol. The van der Waals surface area contributed by atoms with Gasteiger partial charge < -0.3 is 19.7 Å². The lowest BCUT2D eigenvalue weighted by atomic mass is 10.0. The van der Waals surface area contributed by atoms with E-state index in [2.05, 4.69) is 57.3 Å². The van der Waals surface area contributed by atoms with Gasteiger partial charge in [-0.25, -0.2) is 4.79 Å². The zero-order valence-corrected chi connectivity index (χ0v) is 44.2. The number of unbranched alkanes of at least 4 members (excludes halogenated alkanes) is 28. The van der Waals surface area contributed by atoms with Crippen molar-refractivity contribution in [1.29, 1.82) is 0 Å². The number of allylic oxidation sites excluding steroid dienone is 4. The van der Waals surface area contributed by atoms with Crippen molar-refractivity contribution >= 4 is 17.8 Å². The highest BCUT2D eigenvalue weighted by Gasteiger charge is 2.27. The van der Waals surface area contributed by atoms with E-state index in [0.29, 0.717) is 6.54 Å². The lowest BCUT2D eigenvalue weighted by molar-refractivity contribution is -0.155. The van der Waals surface area contributed by atoms with Crippen molar-refractivity contribution in [2.24, 2.45) is 0 Å². The number of rotatable bonds is 50. The van der Waals surface area contributed by atoms with Crippen LogP contribution < -0.4 is 5.32 Å². The maximum atomic E-state index is 14.0. The molecule has 0 aromatic rings. The van der Waals surface area contributed by atoms with Crippen LogP contribution in [0.3, 0.4) is 0 Å². The lowest BCUT2D eigenvalue weighted by Crippen LogP contribution is -2.44. The number of nitrogens with one attached hydrogen (secondary N) is 1. The number of amides is 1. The topological polar surface area (TPSA) is 84.9 Å². The van der Waals surface area contributed by atoms with Crippen LogP contribution in [0.1, 0.15) is 291 Å². The molecule has 0 aromatic heterocycles. The maximum absolute atomic E-state index is 14.0. The Bertz CT molecular complexity index is 1110. The van der Waals surface area contributed by atoms with Crippen LogP contribution in [0.4, 0.5) is 0 Å². The molecule has 65 heavy (non-hydrogen) atoms. The Labute approximate surface area is 404 Å². The van der Waals surface area contributed by atoms with Crippen LogP contribution in [0.25, 0.3) is 0 Å². The molecule has 0 aliphatic carbocycles. The van der Waals surface area contributed by atoms with Crippen molar-refractivity contribution in [3.63, 3.8) is 0 Å². The van der Waals surface area contributed by atoms with E-state index in [-0.39, 0.29) is 43.3 Å². The van der Waals surface area contributed by atoms with Gasteiger partial charge >= 0.3 is 11.9 Å². The van der Waals surface area contributed by atoms with Crippen LogP contribution in [-0.4, -0.2) is 61.6 Å². The molecule has 382 valence electrons. The van der Waals surface area contributed by atoms with Crippen LogP contribution >= 0.6 is 0 Å². The number of hydrogen-bond acceptors (Lipinski definition) is 6. The molecule has 0 fully saturated rings. The fourth-order valence-electron chi connectivity index (χ4n) is 8.60. The average Bonchev–Trinajstić information content (AvgIpc) is 3.29. The summed E-state index contributed by atoms with van der Waals surface area (Å²) in [4.78, 5) is 42.6. The van der Waals surface area contributed by atoms with Gasteiger partial charge in [0.2, 0.25) is 5.91 Å². The van der Waals surface area contributed by atoms with Crippen molar-refractivity contribution in [1.82, 2.24) is 10.2 Å². The standard InChI is InChI=1S/C58H110N2O5/c1-7-11-15-19-23-25-27-29-31-35-39-42-46-53(45-41-37-33-21-17-13-9-3)64-57(62)50-49-55(59-56(61)51-52-60(5)6)58(63)65-54(47-43-38-34-22-18-14-10-4)48-44-40-36-32-30-28-26-24-20-16-12-8-2/h33-34,37-38,53-55H,7-32,35-36,39-52H2,1-6H3,(H,59,61)/b37-33-,38-34-. The molecule has 0 aliphatic heterocycles. The fourth-order valence-corrected chi connectivity index (χ4v) is 8.60. The number of hydrogen-bond donors (Lipinski definition) is 1. The number of carbonyl (C=O) groups excluding carboxylic acids is 3. The van der Waals surface area contributed by atoms with Gasteiger partial charge in [0, 0.05) is 19.4 Å². The second-order valence-corrected chi connectivity index (χ2v) is 19.8. The summed E-state index contributed by atoms with van der Waals surface area (Å²) in [5.74, 6) is -0.910. The quantitative estimate of drug-likeness (QED) is 0.0372. The number of carbonyl (C=O) groups is 3. The summed E-state index contributed by atoms with van der Waals surface area (Å²) in [7, 11) is 3.87. The van der Waals surface area contributed by atoms with Crippen molar-refractivity contribution < 1.29 is 23.9 Å². The Morgan fingerprint density at radius 3 is 1.17 bits per heavy atom. The van der Waals surface area contributed by atoms with Crippen molar-refractivity contribution in [2.45, 2.75) is 309 Å². The van der Waals surface area contributed by atoms with Crippen LogP contribution in [-0.2, 0) is 23.9 Å². The highest BCUT2D eigenvalue weighted by Crippen LogP contribution is 2.20. The Hall–Kier alpha value is -2.15. The largest absolute Gasteiger partial charge is 0.462 e. The van der Waals surface area contributed by atoms with E-state index in [0.717, 1.165) is 70.6 Å². The third-order valence-electron chi connectivity index (χ3n) is 13.0. The first-order chi connectivity index (χ1) is 31.8. The number of nitrogens with zero attached hydrogens (tertiary/aromatic N) is 1. The molecule has 1 N–H and O–H groups in total. The monoisotopic (exact) mass is 915 g/mol. The first-order valence-corrected chi connectivity index (χ1v) is 28.4. The molecule has 0 heterocycles. The molecule has 0 bridgehead atoms. The summed E-state index contributed by atoms with van der Waals surface area (Å²) in [6.45, 7) is 9.59. The second-order valence-electron chi connectivity index (χ2n) is 19.8. The molecule has 0 aliphatic rings. The molecule has 7 heteroatoms. The Kier molecular flexibility index (Phi) is 48.1. The van der Waals surface area contributed by atoms with Crippen LogP contribution in [0.2, 0.25) is 0 Å². The highest BCUT2D eigenvalue weighted by molar-refractivity contribution is 5.85. The average molecular weight is 916 g/mol. The maximum Gasteiger partial charge on any atom is 0.328 e. The van der Waals surface area contributed by atoms with Crippen LogP contribution in [0.15, 0.2) is 24.3 Å². The van der Waals surface area contributed by atoms with Gasteiger partial charge in [-0.2, -0.15) is 0 Å². The van der Waals surface area contributed by atoms with E-state index in [1.165, 1.54) is 173 Å². The van der Waals surface area contributed by atoms with Crippen molar-refractivity contribution in [3.8, 4) is 0 Å². The van der Waals surface area contributed by atoms with E-state index in [4.69, 9.17) is 9.47 Å². The predicted octanol–water partition coefficient (Wildman–Crippen LogP) is 17.0. The van der Waals surface area contributed by atoms with Crippen LogP contribution in [0, 0.1) is 0 Å². The zero-order valence-electron chi connectivity index (χ0n) is 44.2. The van der Waals surface area contributed by atoms with Gasteiger partial charge in [0.05, 0.1) is 0 Å². The number of ether oxygens (including phenoxy) is 2. The summed E-state index contributed by atoms with van der Waals surface area (Å²) in [5, 5.41) is 2.97. The van der Waals surface area contributed by atoms with Gasteiger partial charge in [-0.1, -0.05) is 219 Å². The molecule has 0 rings (SSSR count). The SMILES string of the molecule is CCCCC/C=C\CCC(CCCCCCCCCCCCCC)OC(=O)CCC(NC(=O)CCN(C)C)C(=O)OC(CC/C=C\CCCCC)CCCCCCCCCCCCCC.